The van der Waals surface area contributed by atoms with Crippen LogP contribution in [0, 0.1) is 11.3 Å². The number of hydrogen-bond acceptors (Lipinski definition) is 3. The number of carbonyl (C=O) groups is 2. The van der Waals surface area contributed by atoms with Crippen LogP contribution >= 0.6 is 0 Å². The fourth-order valence-corrected chi connectivity index (χ4v) is 1.08. The highest BCUT2D eigenvalue weighted by Crippen LogP contribution is 2.31. The Morgan fingerprint density at radius 1 is 1.46 bits per heavy atom. The minimum atomic E-state index is -1.28. The van der Waals surface area contributed by atoms with Crippen molar-refractivity contribution in [2.24, 2.45) is 17.1 Å². The van der Waals surface area contributed by atoms with Gasteiger partial charge in [-0.15, -0.1) is 0 Å². The molecule has 0 saturated heterocycles. The molecule has 0 aliphatic carbocycles. The fraction of sp³-hybridized carbons (Fsp3) is 0.750. The Bertz CT molecular complexity index is 216. The fourth-order valence-electron chi connectivity index (χ4n) is 1.08. The maximum Gasteiger partial charge on any atom is 0.310 e. The largest absolute Gasteiger partial charge is 0.481 e. The zero-order valence-corrected chi connectivity index (χ0v) is 7.78. The van der Waals surface area contributed by atoms with E-state index in [-0.39, 0.29) is 13.0 Å². The van der Waals surface area contributed by atoms with E-state index >= 15 is 0 Å². The van der Waals surface area contributed by atoms with Crippen LogP contribution in [0.25, 0.3) is 0 Å². The summed E-state index contributed by atoms with van der Waals surface area (Å²) >= 11 is 0. The lowest BCUT2D eigenvalue weighted by atomic mass is 9.75. The van der Waals surface area contributed by atoms with Crippen LogP contribution in [-0.2, 0) is 9.59 Å². The van der Waals surface area contributed by atoms with Gasteiger partial charge in [-0.3, -0.25) is 9.59 Å². The molecule has 0 spiro atoms. The number of carboxylic acid groups (broad SMARTS) is 2. The van der Waals surface area contributed by atoms with Crippen molar-refractivity contribution >= 4 is 11.9 Å². The van der Waals surface area contributed by atoms with E-state index in [0.717, 1.165) is 0 Å². The first-order valence-electron chi connectivity index (χ1n) is 4.02. The molecule has 5 nitrogen and oxygen atoms in total. The molecule has 13 heavy (non-hydrogen) atoms. The van der Waals surface area contributed by atoms with E-state index in [1.807, 2.05) is 0 Å². The molecule has 5 heteroatoms. The lowest BCUT2D eigenvalue weighted by Gasteiger charge is -2.27. The third kappa shape index (κ3) is 2.42. The lowest BCUT2D eigenvalue weighted by Crippen LogP contribution is -2.40. The zero-order valence-electron chi connectivity index (χ0n) is 7.78. The van der Waals surface area contributed by atoms with Crippen molar-refractivity contribution in [3.8, 4) is 0 Å². The number of hydrogen-bond donors (Lipinski definition) is 3. The van der Waals surface area contributed by atoms with Crippen LogP contribution < -0.4 is 5.73 Å². The maximum atomic E-state index is 10.8. The van der Waals surface area contributed by atoms with Crippen LogP contribution in [-0.4, -0.2) is 28.7 Å². The van der Waals surface area contributed by atoms with E-state index in [1.165, 1.54) is 13.8 Å². The van der Waals surface area contributed by atoms with Crippen LogP contribution in [0.2, 0.25) is 0 Å². The Kier molecular flexibility index (Phi) is 3.87. The van der Waals surface area contributed by atoms with Crippen molar-refractivity contribution in [3.63, 3.8) is 0 Å². The summed E-state index contributed by atoms with van der Waals surface area (Å²) in [5, 5.41) is 17.6. The van der Waals surface area contributed by atoms with Crippen molar-refractivity contribution in [1.29, 1.82) is 0 Å². The predicted octanol–water partition coefficient (Wildman–Crippen LogP) is 0.147. The highest BCUT2D eigenvalue weighted by molar-refractivity contribution is 5.82. The van der Waals surface area contributed by atoms with Crippen molar-refractivity contribution in [2.75, 3.05) is 6.54 Å². The van der Waals surface area contributed by atoms with Gasteiger partial charge in [0.15, 0.2) is 0 Å². The normalized spacial score (nSPS) is 17.5. The molecule has 0 heterocycles. The minimum Gasteiger partial charge on any atom is -0.481 e. The lowest BCUT2D eigenvalue weighted by molar-refractivity contribution is -0.160. The standard InChI is InChI=1S/C8H15NO4/c1-5(6(10)11)8(2,3-4-9)7(12)13/h5H,3-4,9H2,1-2H3,(H,10,11)(H,12,13). The van der Waals surface area contributed by atoms with Crippen LogP contribution in [0.3, 0.4) is 0 Å². The van der Waals surface area contributed by atoms with Crippen LogP contribution in [0.5, 0.6) is 0 Å². The Balaban J connectivity index is 4.77. The molecule has 0 bridgehead atoms. The molecule has 0 saturated carbocycles. The molecule has 0 aromatic rings. The second-order valence-corrected chi connectivity index (χ2v) is 3.32. The SMILES string of the molecule is CC(C(=O)O)C(C)(CCN)C(=O)O. The molecule has 0 rings (SSSR count). The van der Waals surface area contributed by atoms with E-state index in [1.54, 1.807) is 0 Å². The smallest absolute Gasteiger partial charge is 0.310 e. The second kappa shape index (κ2) is 4.23. The molecule has 0 fully saturated rings. The van der Waals surface area contributed by atoms with Crippen LogP contribution in [0.1, 0.15) is 20.3 Å². The highest BCUT2D eigenvalue weighted by Gasteiger charge is 2.42. The van der Waals surface area contributed by atoms with Gasteiger partial charge in [0.2, 0.25) is 0 Å². The van der Waals surface area contributed by atoms with Crippen molar-refractivity contribution in [2.45, 2.75) is 20.3 Å². The van der Waals surface area contributed by atoms with Gasteiger partial charge in [0.05, 0.1) is 11.3 Å². The summed E-state index contributed by atoms with van der Waals surface area (Å²) in [5.41, 5.74) is 3.96. The third-order valence-corrected chi connectivity index (χ3v) is 2.48. The average molecular weight is 189 g/mol. The summed E-state index contributed by atoms with van der Waals surface area (Å²) in [6, 6.07) is 0. The Labute approximate surface area is 76.5 Å². The number of aliphatic carboxylic acids is 2. The van der Waals surface area contributed by atoms with Gasteiger partial charge in [0, 0.05) is 0 Å². The summed E-state index contributed by atoms with van der Waals surface area (Å²) in [6.45, 7) is 2.95. The highest BCUT2D eigenvalue weighted by atomic mass is 16.4. The molecule has 0 amide bonds. The van der Waals surface area contributed by atoms with Gasteiger partial charge in [-0.25, -0.2) is 0 Å². The minimum absolute atomic E-state index is 0.163. The van der Waals surface area contributed by atoms with Crippen molar-refractivity contribution < 1.29 is 19.8 Å². The molecule has 0 aromatic carbocycles. The van der Waals surface area contributed by atoms with Gasteiger partial charge in [0.1, 0.15) is 0 Å². The van der Waals surface area contributed by atoms with Crippen LogP contribution in [0.15, 0.2) is 0 Å². The Hall–Kier alpha value is -1.10. The first kappa shape index (κ1) is 11.9. The summed E-state index contributed by atoms with van der Waals surface area (Å²) in [5.74, 6) is -3.17. The predicted molar refractivity (Wildman–Crippen MR) is 46.2 cm³/mol. The summed E-state index contributed by atoms with van der Waals surface area (Å²) in [6.07, 6.45) is 0.163. The van der Waals surface area contributed by atoms with Gasteiger partial charge < -0.3 is 15.9 Å². The van der Waals surface area contributed by atoms with Gasteiger partial charge in [-0.05, 0) is 19.9 Å². The summed E-state index contributed by atoms with van der Waals surface area (Å²) < 4.78 is 0. The number of rotatable bonds is 5. The molecule has 0 aliphatic rings. The third-order valence-electron chi connectivity index (χ3n) is 2.48. The second-order valence-electron chi connectivity index (χ2n) is 3.32. The van der Waals surface area contributed by atoms with Crippen molar-refractivity contribution in [1.82, 2.24) is 0 Å². The van der Waals surface area contributed by atoms with Gasteiger partial charge in [-0.2, -0.15) is 0 Å². The molecular formula is C8H15NO4. The molecule has 0 radical (unpaired) electrons. The quantitative estimate of drug-likeness (QED) is 0.571. The van der Waals surface area contributed by atoms with E-state index in [4.69, 9.17) is 15.9 Å². The van der Waals surface area contributed by atoms with E-state index in [0.29, 0.717) is 0 Å². The van der Waals surface area contributed by atoms with Gasteiger partial charge >= 0.3 is 11.9 Å². The van der Waals surface area contributed by atoms with E-state index in [9.17, 15) is 9.59 Å². The Morgan fingerprint density at radius 3 is 2.15 bits per heavy atom. The van der Waals surface area contributed by atoms with Gasteiger partial charge in [-0.1, -0.05) is 6.92 Å². The summed E-state index contributed by atoms with van der Waals surface area (Å²) in [4.78, 5) is 21.5. The molecule has 2 atom stereocenters. The topological polar surface area (TPSA) is 101 Å². The number of carboxylic acids is 2. The molecule has 0 aromatic heterocycles. The monoisotopic (exact) mass is 189 g/mol. The van der Waals surface area contributed by atoms with Gasteiger partial charge in [0.25, 0.3) is 0 Å². The zero-order chi connectivity index (χ0) is 10.6. The summed E-state index contributed by atoms with van der Waals surface area (Å²) in [7, 11) is 0. The molecular weight excluding hydrogens is 174 g/mol. The molecule has 4 N–H and O–H groups in total. The van der Waals surface area contributed by atoms with E-state index in [2.05, 4.69) is 0 Å². The van der Waals surface area contributed by atoms with Crippen molar-refractivity contribution in [3.05, 3.63) is 0 Å². The maximum absolute atomic E-state index is 10.8. The average Bonchev–Trinajstić information content (AvgIpc) is 2.02. The first-order chi connectivity index (χ1) is 5.86. The molecule has 76 valence electrons. The van der Waals surface area contributed by atoms with E-state index < -0.39 is 23.3 Å². The van der Waals surface area contributed by atoms with Crippen LogP contribution in [0.4, 0.5) is 0 Å². The molecule has 0 aliphatic heterocycles. The first-order valence-corrected chi connectivity index (χ1v) is 4.02. The molecule has 2 unspecified atom stereocenters. The number of nitrogens with two attached hydrogens (primary N) is 1. The Morgan fingerprint density at radius 2 is 1.92 bits per heavy atom.